The number of ether oxygens (including phenoxy) is 1. The summed E-state index contributed by atoms with van der Waals surface area (Å²) in [5.74, 6) is 3.84. The molecule has 5 nitrogen and oxygen atoms in total. The predicted octanol–water partition coefficient (Wildman–Crippen LogP) is 12.3. The molecule has 260 valence electrons. The number of aryl methyl sites for hydroxylation is 3. The molecule has 3 heterocycles. The van der Waals surface area contributed by atoms with Crippen LogP contribution in [0.2, 0.25) is 0 Å². The highest BCUT2D eigenvalue weighted by molar-refractivity contribution is 6.09. The van der Waals surface area contributed by atoms with Crippen molar-refractivity contribution in [3.8, 4) is 34.1 Å². The monoisotopic (exact) mass is 674 g/mol. The molecule has 3 aromatic heterocycles. The van der Waals surface area contributed by atoms with E-state index in [0.717, 1.165) is 52.6 Å². The summed E-state index contributed by atoms with van der Waals surface area (Å²) in [6.07, 6.45) is 3.86. The average Bonchev–Trinajstić information content (AvgIpc) is 3.57. The number of benzene rings is 4. The molecule has 0 unspecified atom stereocenters. The molecule has 7 rings (SSSR count). The van der Waals surface area contributed by atoms with Gasteiger partial charge in [-0.25, -0.2) is 9.67 Å². The Balaban J connectivity index is 1.35. The third-order valence-electron chi connectivity index (χ3n) is 9.88. The Bertz CT molecular complexity index is 2350. The molecule has 5 heteroatoms. The highest BCUT2D eigenvalue weighted by Gasteiger charge is 2.23. The van der Waals surface area contributed by atoms with E-state index in [4.69, 9.17) is 14.8 Å². The van der Waals surface area contributed by atoms with Gasteiger partial charge in [0.15, 0.2) is 0 Å². The zero-order valence-electron chi connectivity index (χ0n) is 31.6. The van der Waals surface area contributed by atoms with Gasteiger partial charge in [-0.2, -0.15) is 5.10 Å². The van der Waals surface area contributed by atoms with E-state index in [-0.39, 0.29) is 0 Å². The van der Waals surface area contributed by atoms with Gasteiger partial charge in [-0.3, -0.25) is 4.57 Å². The van der Waals surface area contributed by atoms with E-state index >= 15 is 0 Å². The van der Waals surface area contributed by atoms with Gasteiger partial charge >= 0.3 is 0 Å². The maximum Gasteiger partial charge on any atom is 0.137 e. The van der Waals surface area contributed by atoms with E-state index in [0.29, 0.717) is 17.8 Å². The lowest BCUT2D eigenvalue weighted by atomic mass is 9.91. The first-order valence-electron chi connectivity index (χ1n) is 18.4. The van der Waals surface area contributed by atoms with Crippen LogP contribution in [0, 0.1) is 32.6 Å². The van der Waals surface area contributed by atoms with Crippen LogP contribution >= 0.6 is 0 Å². The number of aromatic nitrogens is 4. The minimum absolute atomic E-state index is 0.310. The standard InChI is InChI=1S/C46H50N4O/c1-28(2)21-34-19-20-47-44(23-34)49-41-16-11-10-15-39(41)40-18-17-37(27-42(40)49)51-38-25-35(30(5)6)24-36(26-38)50-43(22-29(3)4)46(33(9)48-50)45-31(7)13-12-14-32(45)8/h10-20,23-30H,21-22H2,1-9H3. The van der Waals surface area contributed by atoms with Crippen molar-refractivity contribution in [2.24, 2.45) is 11.8 Å². The molecule has 0 aliphatic rings. The van der Waals surface area contributed by atoms with Crippen LogP contribution in [0.15, 0.2) is 97.2 Å². The van der Waals surface area contributed by atoms with Crippen LogP contribution in [0.25, 0.3) is 44.4 Å². The fourth-order valence-electron chi connectivity index (χ4n) is 7.60. The van der Waals surface area contributed by atoms with Crippen LogP contribution in [0.3, 0.4) is 0 Å². The summed E-state index contributed by atoms with van der Waals surface area (Å²) in [6.45, 7) is 20.1. The van der Waals surface area contributed by atoms with Crippen molar-refractivity contribution >= 4 is 21.8 Å². The topological polar surface area (TPSA) is 44.9 Å². The lowest BCUT2D eigenvalue weighted by Crippen LogP contribution is -2.08. The average molecular weight is 675 g/mol. The van der Waals surface area contributed by atoms with Crippen molar-refractivity contribution in [3.05, 3.63) is 131 Å². The minimum Gasteiger partial charge on any atom is -0.457 e. The Morgan fingerprint density at radius 3 is 2.10 bits per heavy atom. The molecule has 0 amide bonds. The first-order chi connectivity index (χ1) is 24.5. The second-order valence-electron chi connectivity index (χ2n) is 15.4. The molecule has 0 fully saturated rings. The molecule has 0 bridgehead atoms. The summed E-state index contributed by atoms with van der Waals surface area (Å²) in [6, 6.07) is 32.5. The maximum absolute atomic E-state index is 6.81. The minimum atomic E-state index is 0.310. The van der Waals surface area contributed by atoms with Crippen molar-refractivity contribution in [2.75, 3.05) is 0 Å². The normalized spacial score (nSPS) is 11.9. The Hall–Kier alpha value is -5.16. The van der Waals surface area contributed by atoms with E-state index in [1.165, 1.54) is 49.8 Å². The van der Waals surface area contributed by atoms with Gasteiger partial charge in [0.2, 0.25) is 0 Å². The van der Waals surface area contributed by atoms with Gasteiger partial charge in [-0.05, 0) is 122 Å². The zero-order chi connectivity index (χ0) is 36.0. The summed E-state index contributed by atoms with van der Waals surface area (Å²) >= 11 is 0. The number of fused-ring (bicyclic) bond motifs is 3. The predicted molar refractivity (Wildman–Crippen MR) is 213 cm³/mol. The summed E-state index contributed by atoms with van der Waals surface area (Å²) in [5.41, 5.74) is 13.1. The van der Waals surface area contributed by atoms with Crippen molar-refractivity contribution < 1.29 is 4.74 Å². The van der Waals surface area contributed by atoms with Crippen LogP contribution in [-0.2, 0) is 12.8 Å². The zero-order valence-corrected chi connectivity index (χ0v) is 31.6. The van der Waals surface area contributed by atoms with Gasteiger partial charge in [-0.1, -0.05) is 77.9 Å². The van der Waals surface area contributed by atoms with Gasteiger partial charge in [0.25, 0.3) is 0 Å². The number of para-hydroxylation sites is 1. The Labute approximate surface area is 302 Å². The van der Waals surface area contributed by atoms with Crippen LogP contribution < -0.4 is 4.74 Å². The molecule has 0 saturated carbocycles. The van der Waals surface area contributed by atoms with Crippen molar-refractivity contribution in [1.29, 1.82) is 0 Å². The molecule has 0 spiro atoms. The number of hydrogen-bond donors (Lipinski definition) is 0. The van der Waals surface area contributed by atoms with Gasteiger partial charge in [-0.15, -0.1) is 0 Å². The second-order valence-corrected chi connectivity index (χ2v) is 15.4. The third kappa shape index (κ3) is 6.70. The molecule has 0 atom stereocenters. The fraction of sp³-hybridized carbons (Fsp3) is 0.304. The molecular weight excluding hydrogens is 625 g/mol. The quantitative estimate of drug-likeness (QED) is 0.145. The van der Waals surface area contributed by atoms with Gasteiger partial charge in [0.05, 0.1) is 28.1 Å². The van der Waals surface area contributed by atoms with Crippen LogP contribution in [0.4, 0.5) is 0 Å². The highest BCUT2D eigenvalue weighted by atomic mass is 16.5. The molecule has 0 aliphatic heterocycles. The van der Waals surface area contributed by atoms with E-state index in [9.17, 15) is 0 Å². The smallest absolute Gasteiger partial charge is 0.137 e. The Morgan fingerprint density at radius 1 is 0.647 bits per heavy atom. The first-order valence-corrected chi connectivity index (χ1v) is 18.4. The van der Waals surface area contributed by atoms with Gasteiger partial charge < -0.3 is 4.74 Å². The molecule has 0 N–H and O–H groups in total. The van der Waals surface area contributed by atoms with Crippen molar-refractivity contribution in [3.63, 3.8) is 0 Å². The maximum atomic E-state index is 6.81. The lowest BCUT2D eigenvalue weighted by molar-refractivity contribution is 0.481. The largest absolute Gasteiger partial charge is 0.457 e. The Kier molecular flexibility index (Phi) is 9.32. The third-order valence-corrected chi connectivity index (χ3v) is 9.88. The SMILES string of the molecule is Cc1cccc(C)c1-c1c(C)nn(-c2cc(Oc3ccc4c5ccccc5n(-c5cc(CC(C)C)ccn5)c4c3)cc(C(C)C)c2)c1CC(C)C. The molecule has 0 radical (unpaired) electrons. The van der Waals surface area contributed by atoms with E-state index in [1.54, 1.807) is 0 Å². The van der Waals surface area contributed by atoms with Crippen LogP contribution in [-0.4, -0.2) is 19.3 Å². The van der Waals surface area contributed by atoms with Gasteiger partial charge in [0.1, 0.15) is 17.3 Å². The van der Waals surface area contributed by atoms with E-state index in [2.05, 4.69) is 163 Å². The lowest BCUT2D eigenvalue weighted by Gasteiger charge is -2.17. The van der Waals surface area contributed by atoms with Crippen LogP contribution in [0.5, 0.6) is 11.5 Å². The molecule has 7 aromatic rings. The molecule has 0 aliphatic carbocycles. The number of pyridine rings is 1. The second kappa shape index (κ2) is 13.9. The Morgan fingerprint density at radius 2 is 1.37 bits per heavy atom. The molecular formula is C46H50N4O. The number of hydrogen-bond acceptors (Lipinski definition) is 3. The van der Waals surface area contributed by atoms with E-state index in [1.807, 2.05) is 6.20 Å². The first kappa shape index (κ1) is 34.3. The van der Waals surface area contributed by atoms with Crippen molar-refractivity contribution in [2.45, 2.75) is 81.1 Å². The fourth-order valence-corrected chi connectivity index (χ4v) is 7.60. The van der Waals surface area contributed by atoms with Crippen LogP contribution in [0.1, 0.15) is 81.1 Å². The molecule has 0 saturated heterocycles. The molecule has 4 aromatic carbocycles. The van der Waals surface area contributed by atoms with Gasteiger partial charge in [0, 0.05) is 34.7 Å². The van der Waals surface area contributed by atoms with E-state index < -0.39 is 0 Å². The summed E-state index contributed by atoms with van der Waals surface area (Å²) in [5, 5.41) is 7.60. The number of nitrogens with zero attached hydrogens (tertiary/aromatic N) is 4. The molecule has 51 heavy (non-hydrogen) atoms. The summed E-state index contributed by atoms with van der Waals surface area (Å²) < 4.78 is 11.3. The summed E-state index contributed by atoms with van der Waals surface area (Å²) in [4.78, 5) is 4.86. The van der Waals surface area contributed by atoms with Crippen molar-refractivity contribution in [1.82, 2.24) is 19.3 Å². The summed E-state index contributed by atoms with van der Waals surface area (Å²) in [7, 11) is 0. The highest BCUT2D eigenvalue weighted by Crippen LogP contribution is 2.39. The number of rotatable bonds is 10.